The number of hydrogen-bond donors (Lipinski definition) is 1. The number of hydrogen-bond acceptors (Lipinski definition) is 5. The SMILES string of the molecule is O=C(c1cn(C2CCNCC2)nn1)N1CCN(C(=O)C2CCCCC2)CC1. The second-order valence-corrected chi connectivity index (χ2v) is 8.02. The van der Waals surface area contributed by atoms with Crippen molar-refractivity contribution >= 4 is 11.8 Å². The molecule has 8 nitrogen and oxygen atoms in total. The summed E-state index contributed by atoms with van der Waals surface area (Å²) in [7, 11) is 0. The molecule has 1 aliphatic carbocycles. The molecule has 27 heavy (non-hydrogen) atoms. The molecular formula is C19H30N6O2. The van der Waals surface area contributed by atoms with Gasteiger partial charge in [-0.05, 0) is 38.8 Å². The highest BCUT2D eigenvalue weighted by Gasteiger charge is 2.31. The van der Waals surface area contributed by atoms with Crippen LogP contribution in [-0.4, -0.2) is 75.9 Å². The topological polar surface area (TPSA) is 83.4 Å². The summed E-state index contributed by atoms with van der Waals surface area (Å²) in [5, 5.41) is 11.6. The lowest BCUT2D eigenvalue weighted by Crippen LogP contribution is -2.52. The fourth-order valence-corrected chi connectivity index (χ4v) is 4.52. The molecule has 2 aliphatic heterocycles. The molecule has 2 amide bonds. The summed E-state index contributed by atoms with van der Waals surface area (Å²) in [6, 6.07) is 0.324. The molecule has 3 fully saturated rings. The molecule has 4 rings (SSSR count). The summed E-state index contributed by atoms with van der Waals surface area (Å²) >= 11 is 0. The first-order valence-corrected chi connectivity index (χ1v) is 10.4. The highest BCUT2D eigenvalue weighted by atomic mass is 16.2. The summed E-state index contributed by atoms with van der Waals surface area (Å²) in [5.41, 5.74) is 0.417. The highest BCUT2D eigenvalue weighted by Crippen LogP contribution is 2.26. The quantitative estimate of drug-likeness (QED) is 0.856. The van der Waals surface area contributed by atoms with Gasteiger partial charge in [0.25, 0.3) is 5.91 Å². The lowest BCUT2D eigenvalue weighted by molar-refractivity contribution is -0.138. The third-order valence-corrected chi connectivity index (χ3v) is 6.25. The van der Waals surface area contributed by atoms with Crippen molar-refractivity contribution in [2.24, 2.45) is 5.92 Å². The Morgan fingerprint density at radius 2 is 1.59 bits per heavy atom. The summed E-state index contributed by atoms with van der Waals surface area (Å²) in [5.74, 6) is 0.421. The molecule has 148 valence electrons. The third kappa shape index (κ3) is 4.15. The van der Waals surface area contributed by atoms with Crippen LogP contribution >= 0.6 is 0 Å². The smallest absolute Gasteiger partial charge is 0.276 e. The zero-order chi connectivity index (χ0) is 18.6. The molecule has 2 saturated heterocycles. The molecule has 0 spiro atoms. The Morgan fingerprint density at radius 3 is 2.30 bits per heavy atom. The van der Waals surface area contributed by atoms with E-state index in [-0.39, 0.29) is 11.8 Å². The number of piperazine rings is 1. The van der Waals surface area contributed by atoms with Crippen molar-refractivity contribution in [3.05, 3.63) is 11.9 Å². The zero-order valence-corrected chi connectivity index (χ0v) is 16.0. The Morgan fingerprint density at radius 1 is 0.926 bits per heavy atom. The Balaban J connectivity index is 1.30. The molecule has 0 radical (unpaired) electrons. The first kappa shape index (κ1) is 18.4. The Labute approximate surface area is 160 Å². The predicted molar refractivity (Wildman–Crippen MR) is 100 cm³/mol. The second kappa shape index (κ2) is 8.37. The van der Waals surface area contributed by atoms with Gasteiger partial charge < -0.3 is 15.1 Å². The Kier molecular flexibility index (Phi) is 5.71. The maximum absolute atomic E-state index is 12.8. The number of nitrogens with zero attached hydrogens (tertiary/aromatic N) is 5. The number of piperidine rings is 1. The van der Waals surface area contributed by atoms with Crippen LogP contribution in [0.3, 0.4) is 0 Å². The van der Waals surface area contributed by atoms with Crippen LogP contribution in [0.4, 0.5) is 0 Å². The number of carbonyl (C=O) groups is 2. The molecule has 3 aliphatic rings. The van der Waals surface area contributed by atoms with E-state index in [1.165, 1.54) is 19.3 Å². The minimum atomic E-state index is -0.0695. The molecule has 0 unspecified atom stereocenters. The lowest BCUT2D eigenvalue weighted by atomic mass is 9.88. The van der Waals surface area contributed by atoms with Gasteiger partial charge in [0.05, 0.1) is 12.2 Å². The first-order valence-electron chi connectivity index (χ1n) is 10.4. The second-order valence-electron chi connectivity index (χ2n) is 8.02. The number of aromatic nitrogens is 3. The maximum Gasteiger partial charge on any atom is 0.276 e. The van der Waals surface area contributed by atoms with Gasteiger partial charge in [0.15, 0.2) is 5.69 Å². The largest absolute Gasteiger partial charge is 0.339 e. The van der Waals surface area contributed by atoms with Gasteiger partial charge in [-0.25, -0.2) is 4.68 Å². The molecular weight excluding hydrogens is 344 g/mol. The molecule has 1 N–H and O–H groups in total. The summed E-state index contributed by atoms with van der Waals surface area (Å²) < 4.78 is 1.84. The first-order chi connectivity index (χ1) is 13.2. The van der Waals surface area contributed by atoms with Crippen molar-refractivity contribution in [3.8, 4) is 0 Å². The molecule has 1 aromatic heterocycles. The Hall–Kier alpha value is -1.96. The summed E-state index contributed by atoms with van der Waals surface area (Å²) in [6.45, 7) is 4.37. The third-order valence-electron chi connectivity index (χ3n) is 6.25. The average Bonchev–Trinajstić information content (AvgIpc) is 3.24. The number of carbonyl (C=O) groups excluding carboxylic acids is 2. The molecule has 0 atom stereocenters. The predicted octanol–water partition coefficient (Wildman–Crippen LogP) is 1.07. The van der Waals surface area contributed by atoms with E-state index in [0.717, 1.165) is 38.8 Å². The number of amides is 2. The van der Waals surface area contributed by atoms with Crippen LogP contribution in [0.5, 0.6) is 0 Å². The van der Waals surface area contributed by atoms with Crippen LogP contribution in [-0.2, 0) is 4.79 Å². The standard InChI is InChI=1S/C19H30N6O2/c26-18(15-4-2-1-3-5-15)23-10-12-24(13-11-23)19(27)17-14-25(22-21-17)16-6-8-20-9-7-16/h14-16,20H,1-13H2. The van der Waals surface area contributed by atoms with E-state index in [2.05, 4.69) is 15.6 Å². The van der Waals surface area contributed by atoms with Crippen LogP contribution in [0.2, 0.25) is 0 Å². The van der Waals surface area contributed by atoms with Crippen molar-refractivity contribution in [1.29, 1.82) is 0 Å². The van der Waals surface area contributed by atoms with Crippen LogP contribution < -0.4 is 5.32 Å². The number of nitrogens with one attached hydrogen (secondary N) is 1. The van der Waals surface area contributed by atoms with E-state index >= 15 is 0 Å². The number of rotatable bonds is 3. The van der Waals surface area contributed by atoms with E-state index in [9.17, 15) is 9.59 Å². The van der Waals surface area contributed by atoms with Crippen molar-refractivity contribution < 1.29 is 9.59 Å². The van der Waals surface area contributed by atoms with Gasteiger partial charge in [-0.3, -0.25) is 9.59 Å². The van der Waals surface area contributed by atoms with E-state index < -0.39 is 0 Å². The van der Waals surface area contributed by atoms with E-state index in [1.54, 1.807) is 11.1 Å². The normalized spacial score (nSPS) is 22.8. The molecule has 3 heterocycles. The van der Waals surface area contributed by atoms with Gasteiger partial charge in [-0.15, -0.1) is 5.10 Å². The highest BCUT2D eigenvalue weighted by molar-refractivity contribution is 5.92. The molecule has 1 saturated carbocycles. The van der Waals surface area contributed by atoms with Gasteiger partial charge in [-0.1, -0.05) is 24.5 Å². The van der Waals surface area contributed by atoms with Crippen LogP contribution in [0, 0.1) is 5.92 Å². The molecule has 0 aromatic carbocycles. The average molecular weight is 374 g/mol. The van der Waals surface area contributed by atoms with Crippen molar-refractivity contribution in [3.63, 3.8) is 0 Å². The van der Waals surface area contributed by atoms with Crippen LogP contribution in [0.15, 0.2) is 6.20 Å². The molecule has 8 heteroatoms. The summed E-state index contributed by atoms with van der Waals surface area (Å²) in [6.07, 6.45) is 9.46. The van der Waals surface area contributed by atoms with Crippen LogP contribution in [0.1, 0.15) is 61.5 Å². The van der Waals surface area contributed by atoms with Crippen molar-refractivity contribution in [2.75, 3.05) is 39.3 Å². The molecule has 0 bridgehead atoms. The van der Waals surface area contributed by atoms with Crippen LogP contribution in [0.25, 0.3) is 0 Å². The van der Waals surface area contributed by atoms with Gasteiger partial charge in [0.1, 0.15) is 0 Å². The minimum Gasteiger partial charge on any atom is -0.339 e. The lowest BCUT2D eigenvalue weighted by Gasteiger charge is -2.36. The molecule has 1 aromatic rings. The van der Waals surface area contributed by atoms with Crippen molar-refractivity contribution in [2.45, 2.75) is 51.0 Å². The van der Waals surface area contributed by atoms with Gasteiger partial charge in [0, 0.05) is 32.1 Å². The van der Waals surface area contributed by atoms with Gasteiger partial charge in [0.2, 0.25) is 5.91 Å². The van der Waals surface area contributed by atoms with E-state index in [0.29, 0.717) is 43.8 Å². The minimum absolute atomic E-state index is 0.0695. The maximum atomic E-state index is 12.8. The zero-order valence-electron chi connectivity index (χ0n) is 16.0. The van der Waals surface area contributed by atoms with Gasteiger partial charge in [-0.2, -0.15) is 0 Å². The fourth-order valence-electron chi connectivity index (χ4n) is 4.52. The van der Waals surface area contributed by atoms with Gasteiger partial charge >= 0.3 is 0 Å². The monoisotopic (exact) mass is 374 g/mol. The fraction of sp³-hybridized carbons (Fsp3) is 0.789. The summed E-state index contributed by atoms with van der Waals surface area (Å²) in [4.78, 5) is 29.2. The Bertz CT molecular complexity index is 655. The van der Waals surface area contributed by atoms with E-state index in [4.69, 9.17) is 0 Å². The van der Waals surface area contributed by atoms with E-state index in [1.807, 2.05) is 9.58 Å². The van der Waals surface area contributed by atoms with Crippen molar-refractivity contribution in [1.82, 2.24) is 30.1 Å².